The second kappa shape index (κ2) is 13.7. The van der Waals surface area contributed by atoms with Crippen LogP contribution in [0, 0.1) is 6.92 Å². The Hall–Kier alpha value is -7.42. The molecular weight excluding hydrogens is 703 g/mol. The van der Waals surface area contributed by atoms with Crippen molar-refractivity contribution in [1.29, 1.82) is 0 Å². The number of rotatable bonds is 7. The zero-order valence-corrected chi connectivity index (χ0v) is 32.1. The standard InChI is InChI=1S/C56H39NO/c1-38-24-34-48-49-35-33-46(57(44-18-9-4-10-19-44)45-31-27-40(28-32-45)39-14-5-2-6-15-39)37-53(49)56(52(48)36-38,42-16-7-3-8-17-42)43-29-25-41(26-30-43)47-21-13-22-51-50-20-11-12-23-54(50)58-55(47)51/h2-37H,1H3. The van der Waals surface area contributed by atoms with Crippen LogP contribution < -0.4 is 4.90 Å². The van der Waals surface area contributed by atoms with E-state index in [4.69, 9.17) is 4.42 Å². The molecule has 2 heteroatoms. The van der Waals surface area contributed by atoms with E-state index in [0.717, 1.165) is 50.1 Å². The van der Waals surface area contributed by atoms with Crippen molar-refractivity contribution in [2.45, 2.75) is 12.3 Å². The van der Waals surface area contributed by atoms with Crippen molar-refractivity contribution in [1.82, 2.24) is 0 Å². The molecule has 9 aromatic carbocycles. The Morgan fingerprint density at radius 1 is 0.379 bits per heavy atom. The van der Waals surface area contributed by atoms with Crippen molar-refractivity contribution < 1.29 is 4.42 Å². The van der Waals surface area contributed by atoms with Gasteiger partial charge in [0.1, 0.15) is 11.2 Å². The lowest BCUT2D eigenvalue weighted by atomic mass is 9.67. The van der Waals surface area contributed by atoms with Crippen LogP contribution in [0.25, 0.3) is 55.3 Å². The summed E-state index contributed by atoms with van der Waals surface area (Å²) in [7, 11) is 0. The molecule has 0 radical (unpaired) electrons. The Morgan fingerprint density at radius 2 is 0.931 bits per heavy atom. The monoisotopic (exact) mass is 741 g/mol. The largest absolute Gasteiger partial charge is 0.455 e. The Morgan fingerprint density at radius 3 is 1.69 bits per heavy atom. The average molecular weight is 742 g/mol. The van der Waals surface area contributed by atoms with Gasteiger partial charge < -0.3 is 9.32 Å². The number of nitrogens with zero attached hydrogens (tertiary/aromatic N) is 1. The van der Waals surface area contributed by atoms with Crippen LogP contribution in [0.1, 0.15) is 27.8 Å². The topological polar surface area (TPSA) is 16.4 Å². The number of hydrogen-bond acceptors (Lipinski definition) is 2. The highest BCUT2D eigenvalue weighted by Gasteiger charge is 2.46. The minimum atomic E-state index is -0.572. The molecule has 0 saturated heterocycles. The van der Waals surface area contributed by atoms with E-state index in [1.165, 1.54) is 50.1 Å². The summed E-state index contributed by atoms with van der Waals surface area (Å²) in [5.74, 6) is 0. The third kappa shape index (κ3) is 5.33. The van der Waals surface area contributed by atoms with E-state index >= 15 is 0 Å². The molecule has 0 spiro atoms. The van der Waals surface area contributed by atoms with Gasteiger partial charge in [-0.05, 0) is 99.5 Å². The van der Waals surface area contributed by atoms with Crippen molar-refractivity contribution in [2.24, 2.45) is 0 Å². The summed E-state index contributed by atoms with van der Waals surface area (Å²) in [6, 6.07) is 79.4. The lowest BCUT2D eigenvalue weighted by Crippen LogP contribution is -2.29. The Labute approximate surface area is 338 Å². The van der Waals surface area contributed by atoms with Gasteiger partial charge in [-0.3, -0.25) is 0 Å². The van der Waals surface area contributed by atoms with Gasteiger partial charge in [0.15, 0.2) is 0 Å². The highest BCUT2D eigenvalue weighted by atomic mass is 16.3. The molecule has 10 aromatic rings. The quantitative estimate of drug-likeness (QED) is 0.162. The van der Waals surface area contributed by atoms with Crippen molar-refractivity contribution in [3.63, 3.8) is 0 Å². The molecule has 0 saturated carbocycles. The number of benzene rings is 9. The molecule has 1 atom stereocenters. The summed E-state index contributed by atoms with van der Waals surface area (Å²) >= 11 is 0. The van der Waals surface area contributed by atoms with Gasteiger partial charge in [0.25, 0.3) is 0 Å². The number of para-hydroxylation sites is 3. The van der Waals surface area contributed by atoms with E-state index in [1.807, 2.05) is 6.07 Å². The first-order valence-corrected chi connectivity index (χ1v) is 20.0. The highest BCUT2D eigenvalue weighted by molar-refractivity contribution is 6.09. The highest BCUT2D eigenvalue weighted by Crippen LogP contribution is 2.57. The predicted molar refractivity (Wildman–Crippen MR) is 241 cm³/mol. The summed E-state index contributed by atoms with van der Waals surface area (Å²) in [6.45, 7) is 2.21. The van der Waals surface area contributed by atoms with E-state index in [-0.39, 0.29) is 0 Å². The molecule has 58 heavy (non-hydrogen) atoms. The zero-order valence-electron chi connectivity index (χ0n) is 32.1. The van der Waals surface area contributed by atoms with Crippen LogP contribution in [-0.2, 0) is 5.41 Å². The van der Waals surface area contributed by atoms with Crippen LogP contribution >= 0.6 is 0 Å². The lowest BCUT2D eigenvalue weighted by Gasteiger charge is -2.35. The zero-order chi connectivity index (χ0) is 38.6. The van der Waals surface area contributed by atoms with Gasteiger partial charge in [-0.2, -0.15) is 0 Å². The molecule has 274 valence electrons. The molecule has 0 fully saturated rings. The Balaban J connectivity index is 1.11. The van der Waals surface area contributed by atoms with Crippen molar-refractivity contribution in [3.05, 3.63) is 246 Å². The Kier molecular flexibility index (Phi) is 7.97. The van der Waals surface area contributed by atoms with E-state index in [2.05, 4.69) is 224 Å². The predicted octanol–water partition coefficient (Wildman–Crippen LogP) is 15.1. The van der Waals surface area contributed by atoms with Gasteiger partial charge in [0.05, 0.1) is 5.41 Å². The summed E-state index contributed by atoms with van der Waals surface area (Å²) < 4.78 is 6.50. The molecule has 1 aliphatic rings. The maximum Gasteiger partial charge on any atom is 0.143 e. The van der Waals surface area contributed by atoms with E-state index in [1.54, 1.807) is 0 Å². The number of aryl methyl sites for hydroxylation is 1. The van der Waals surface area contributed by atoms with Gasteiger partial charge in [0, 0.05) is 33.4 Å². The van der Waals surface area contributed by atoms with Gasteiger partial charge in [-0.1, -0.05) is 181 Å². The van der Waals surface area contributed by atoms with Crippen molar-refractivity contribution >= 4 is 39.0 Å². The second-order valence-corrected chi connectivity index (χ2v) is 15.3. The Bertz CT molecular complexity index is 3090. The maximum absolute atomic E-state index is 6.50. The summed E-state index contributed by atoms with van der Waals surface area (Å²) in [4.78, 5) is 2.39. The summed E-state index contributed by atoms with van der Waals surface area (Å²) in [5, 5.41) is 2.28. The fourth-order valence-corrected chi connectivity index (χ4v) is 9.37. The molecular formula is C56H39NO. The van der Waals surface area contributed by atoms with Crippen molar-refractivity contribution in [2.75, 3.05) is 4.90 Å². The molecule has 2 nitrogen and oxygen atoms in total. The summed E-state index contributed by atoms with van der Waals surface area (Å²) in [6.07, 6.45) is 0. The van der Waals surface area contributed by atoms with E-state index in [9.17, 15) is 0 Å². The maximum atomic E-state index is 6.50. The van der Waals surface area contributed by atoms with E-state index in [0.29, 0.717) is 0 Å². The molecule has 1 aromatic heterocycles. The SMILES string of the molecule is Cc1ccc2c(c1)C(c1ccccc1)(c1ccc(-c3cccc4c3oc3ccccc34)cc1)c1cc(N(c3ccccc3)c3ccc(-c4ccccc4)cc3)ccc1-2. The first-order valence-electron chi connectivity index (χ1n) is 20.0. The molecule has 0 amide bonds. The number of furan rings is 1. The minimum Gasteiger partial charge on any atom is -0.455 e. The van der Waals surface area contributed by atoms with Gasteiger partial charge in [-0.25, -0.2) is 0 Å². The normalized spacial score (nSPS) is 14.4. The molecule has 1 unspecified atom stereocenters. The first-order chi connectivity index (χ1) is 28.7. The molecule has 11 rings (SSSR count). The number of fused-ring (bicyclic) bond motifs is 6. The van der Waals surface area contributed by atoms with Crippen LogP contribution in [0.2, 0.25) is 0 Å². The van der Waals surface area contributed by atoms with Gasteiger partial charge in [0.2, 0.25) is 0 Å². The third-order valence-electron chi connectivity index (χ3n) is 12.0. The van der Waals surface area contributed by atoms with Gasteiger partial charge >= 0.3 is 0 Å². The lowest BCUT2D eigenvalue weighted by molar-refractivity contribution is 0.670. The number of hydrogen-bond donors (Lipinski definition) is 0. The molecule has 1 heterocycles. The van der Waals surface area contributed by atoms with Crippen molar-refractivity contribution in [3.8, 4) is 33.4 Å². The second-order valence-electron chi connectivity index (χ2n) is 15.3. The van der Waals surface area contributed by atoms with E-state index < -0.39 is 5.41 Å². The molecule has 0 N–H and O–H groups in total. The van der Waals surface area contributed by atoms with Gasteiger partial charge in [-0.15, -0.1) is 0 Å². The third-order valence-corrected chi connectivity index (χ3v) is 12.0. The van der Waals surface area contributed by atoms with Crippen LogP contribution in [0.3, 0.4) is 0 Å². The average Bonchev–Trinajstić information content (AvgIpc) is 3.81. The summed E-state index contributed by atoms with van der Waals surface area (Å²) in [5.41, 5.74) is 18.0. The first kappa shape index (κ1) is 33.9. The van der Waals surface area contributed by atoms with Crippen LogP contribution in [0.5, 0.6) is 0 Å². The fourth-order valence-electron chi connectivity index (χ4n) is 9.37. The smallest absolute Gasteiger partial charge is 0.143 e. The van der Waals surface area contributed by atoms with Crippen LogP contribution in [-0.4, -0.2) is 0 Å². The fraction of sp³-hybridized carbons (Fsp3) is 0.0357. The molecule has 1 aliphatic carbocycles. The minimum absolute atomic E-state index is 0.572. The van der Waals surface area contributed by atoms with Crippen LogP contribution in [0.15, 0.2) is 223 Å². The van der Waals surface area contributed by atoms with Crippen LogP contribution in [0.4, 0.5) is 17.1 Å². The molecule has 0 aliphatic heterocycles. The molecule has 0 bridgehead atoms. The number of anilines is 3.